The molecule has 0 spiro atoms. The summed E-state index contributed by atoms with van der Waals surface area (Å²) in [6, 6.07) is 12.4. The zero-order valence-electron chi connectivity index (χ0n) is 13.4. The van der Waals surface area contributed by atoms with Gasteiger partial charge in [0.15, 0.2) is 6.61 Å². The van der Waals surface area contributed by atoms with Gasteiger partial charge >= 0.3 is 0 Å². The standard InChI is InChI=1S/C18H18ClFN2O3/c19-14-3-7-16(8-4-14)25-12-18(24)22-10-9-21-17(23)11-13-1-5-15(20)6-2-13/h1-8H,9-12H2,(H,21,23)(H,22,24). The van der Waals surface area contributed by atoms with Crippen molar-refractivity contribution in [1.82, 2.24) is 10.6 Å². The van der Waals surface area contributed by atoms with Crippen LogP contribution in [0.2, 0.25) is 5.02 Å². The molecule has 0 atom stereocenters. The number of nitrogens with one attached hydrogen (secondary N) is 2. The molecule has 0 bridgehead atoms. The van der Waals surface area contributed by atoms with Crippen molar-refractivity contribution >= 4 is 23.4 Å². The van der Waals surface area contributed by atoms with Gasteiger partial charge in [-0.1, -0.05) is 23.7 Å². The highest BCUT2D eigenvalue weighted by molar-refractivity contribution is 6.30. The van der Waals surface area contributed by atoms with E-state index in [0.717, 1.165) is 5.56 Å². The zero-order valence-corrected chi connectivity index (χ0v) is 14.2. The van der Waals surface area contributed by atoms with Crippen LogP contribution in [0.3, 0.4) is 0 Å². The number of carbonyl (C=O) groups is 2. The third kappa shape index (κ3) is 7.22. The van der Waals surface area contributed by atoms with Gasteiger partial charge in [-0.2, -0.15) is 0 Å². The molecule has 132 valence electrons. The summed E-state index contributed by atoms with van der Waals surface area (Å²) in [6.45, 7) is 0.468. The van der Waals surface area contributed by atoms with E-state index in [9.17, 15) is 14.0 Å². The molecule has 2 aromatic carbocycles. The van der Waals surface area contributed by atoms with Crippen LogP contribution in [-0.2, 0) is 16.0 Å². The Labute approximate surface area is 150 Å². The molecule has 0 aromatic heterocycles. The lowest BCUT2D eigenvalue weighted by Crippen LogP contribution is -2.37. The second-order valence-electron chi connectivity index (χ2n) is 5.25. The topological polar surface area (TPSA) is 67.4 Å². The summed E-state index contributed by atoms with van der Waals surface area (Å²) < 4.78 is 18.1. The molecule has 0 heterocycles. The molecule has 2 N–H and O–H groups in total. The third-order valence-corrected chi connectivity index (χ3v) is 3.48. The Hall–Kier alpha value is -2.60. The maximum absolute atomic E-state index is 12.8. The maximum atomic E-state index is 12.8. The van der Waals surface area contributed by atoms with Crippen molar-refractivity contribution in [3.63, 3.8) is 0 Å². The van der Waals surface area contributed by atoms with Crippen molar-refractivity contribution in [1.29, 1.82) is 0 Å². The van der Waals surface area contributed by atoms with Gasteiger partial charge < -0.3 is 15.4 Å². The molecule has 25 heavy (non-hydrogen) atoms. The van der Waals surface area contributed by atoms with Gasteiger partial charge in [0.05, 0.1) is 6.42 Å². The normalized spacial score (nSPS) is 10.2. The van der Waals surface area contributed by atoms with Crippen LogP contribution in [0.15, 0.2) is 48.5 Å². The fraction of sp³-hybridized carbons (Fsp3) is 0.222. The Morgan fingerprint density at radius 2 is 1.52 bits per heavy atom. The summed E-state index contributed by atoms with van der Waals surface area (Å²) in [6.07, 6.45) is 0.161. The fourth-order valence-corrected chi connectivity index (χ4v) is 2.11. The molecule has 0 aliphatic heterocycles. The molecule has 0 saturated carbocycles. The summed E-state index contributed by atoms with van der Waals surface area (Å²) in [4.78, 5) is 23.4. The highest BCUT2D eigenvalue weighted by Crippen LogP contribution is 2.15. The monoisotopic (exact) mass is 364 g/mol. The van der Waals surface area contributed by atoms with Gasteiger partial charge in [-0.25, -0.2) is 4.39 Å². The lowest BCUT2D eigenvalue weighted by molar-refractivity contribution is -0.124. The van der Waals surface area contributed by atoms with Crippen LogP contribution in [0.1, 0.15) is 5.56 Å². The highest BCUT2D eigenvalue weighted by atomic mass is 35.5. The minimum atomic E-state index is -0.340. The predicted molar refractivity (Wildman–Crippen MR) is 93.1 cm³/mol. The van der Waals surface area contributed by atoms with Crippen molar-refractivity contribution in [3.8, 4) is 5.75 Å². The summed E-state index contributed by atoms with van der Waals surface area (Å²) >= 11 is 5.76. The van der Waals surface area contributed by atoms with Gasteiger partial charge in [0.25, 0.3) is 5.91 Å². The largest absolute Gasteiger partial charge is 0.484 e. The van der Waals surface area contributed by atoms with E-state index in [-0.39, 0.29) is 37.2 Å². The van der Waals surface area contributed by atoms with Crippen LogP contribution in [0.25, 0.3) is 0 Å². The van der Waals surface area contributed by atoms with Crippen molar-refractivity contribution in [2.45, 2.75) is 6.42 Å². The Kier molecular flexibility index (Phi) is 7.22. The van der Waals surface area contributed by atoms with E-state index in [2.05, 4.69) is 10.6 Å². The van der Waals surface area contributed by atoms with Gasteiger partial charge in [0.1, 0.15) is 11.6 Å². The van der Waals surface area contributed by atoms with Crippen molar-refractivity contribution in [3.05, 3.63) is 64.9 Å². The molecule has 2 amide bonds. The van der Waals surface area contributed by atoms with Crippen LogP contribution < -0.4 is 15.4 Å². The average Bonchev–Trinajstić information content (AvgIpc) is 2.60. The predicted octanol–water partition coefficient (Wildman–Crippen LogP) is 2.33. The lowest BCUT2D eigenvalue weighted by atomic mass is 10.1. The number of hydrogen-bond acceptors (Lipinski definition) is 3. The molecule has 0 aliphatic rings. The zero-order chi connectivity index (χ0) is 18.1. The van der Waals surface area contributed by atoms with Crippen LogP contribution >= 0.6 is 11.6 Å². The SMILES string of the molecule is O=C(COc1ccc(Cl)cc1)NCCNC(=O)Cc1ccc(F)cc1. The molecule has 2 rings (SSSR count). The minimum absolute atomic E-state index is 0.120. The Morgan fingerprint density at radius 3 is 2.16 bits per heavy atom. The van der Waals surface area contributed by atoms with Crippen LogP contribution in [-0.4, -0.2) is 31.5 Å². The van der Waals surface area contributed by atoms with E-state index >= 15 is 0 Å². The molecule has 5 nitrogen and oxygen atoms in total. The van der Waals surface area contributed by atoms with Gasteiger partial charge in [-0.3, -0.25) is 9.59 Å². The first-order chi connectivity index (χ1) is 12.0. The lowest BCUT2D eigenvalue weighted by Gasteiger charge is -2.08. The van der Waals surface area contributed by atoms with Crippen LogP contribution in [0.4, 0.5) is 4.39 Å². The third-order valence-electron chi connectivity index (χ3n) is 3.23. The van der Waals surface area contributed by atoms with Gasteiger partial charge in [0, 0.05) is 18.1 Å². The first-order valence-electron chi connectivity index (χ1n) is 7.69. The van der Waals surface area contributed by atoms with Gasteiger partial charge in [-0.15, -0.1) is 0 Å². The van der Waals surface area contributed by atoms with E-state index < -0.39 is 0 Å². The number of hydrogen-bond donors (Lipinski definition) is 2. The van der Waals surface area contributed by atoms with Crippen molar-refractivity contribution in [2.75, 3.05) is 19.7 Å². The molecule has 0 fully saturated rings. The van der Waals surface area contributed by atoms with Crippen molar-refractivity contribution < 1.29 is 18.7 Å². The second kappa shape index (κ2) is 9.64. The van der Waals surface area contributed by atoms with Crippen LogP contribution in [0.5, 0.6) is 5.75 Å². The molecule has 0 saturated heterocycles. The summed E-state index contributed by atoms with van der Waals surface area (Å²) in [7, 11) is 0. The second-order valence-corrected chi connectivity index (χ2v) is 5.68. The van der Waals surface area contributed by atoms with Gasteiger partial charge in [0.2, 0.25) is 5.91 Å². The number of ether oxygens (including phenoxy) is 1. The molecule has 0 aliphatic carbocycles. The van der Waals surface area contributed by atoms with E-state index in [1.165, 1.54) is 12.1 Å². The quantitative estimate of drug-likeness (QED) is 0.706. The Morgan fingerprint density at radius 1 is 0.920 bits per heavy atom. The van der Waals surface area contributed by atoms with Gasteiger partial charge in [-0.05, 0) is 42.0 Å². The average molecular weight is 365 g/mol. The smallest absolute Gasteiger partial charge is 0.258 e. The summed E-state index contributed by atoms with van der Waals surface area (Å²) in [5.74, 6) is -0.277. The summed E-state index contributed by atoms with van der Waals surface area (Å²) in [5.41, 5.74) is 0.722. The number of amides is 2. The molecule has 7 heteroatoms. The van der Waals surface area contributed by atoms with E-state index in [1.807, 2.05) is 0 Å². The fourth-order valence-electron chi connectivity index (χ4n) is 1.98. The molecule has 0 unspecified atom stereocenters. The first-order valence-corrected chi connectivity index (χ1v) is 8.07. The number of carbonyl (C=O) groups excluding carboxylic acids is 2. The van der Waals surface area contributed by atoms with E-state index in [1.54, 1.807) is 36.4 Å². The molecule has 0 radical (unpaired) electrons. The summed E-state index contributed by atoms with van der Waals surface area (Å²) in [5, 5.41) is 5.91. The highest BCUT2D eigenvalue weighted by Gasteiger charge is 2.05. The van der Waals surface area contributed by atoms with E-state index in [4.69, 9.17) is 16.3 Å². The molecule has 2 aromatic rings. The molecular formula is C18H18ClFN2O3. The van der Waals surface area contributed by atoms with E-state index in [0.29, 0.717) is 17.3 Å². The van der Waals surface area contributed by atoms with Crippen LogP contribution in [0, 0.1) is 5.82 Å². The minimum Gasteiger partial charge on any atom is -0.484 e. The number of rotatable bonds is 8. The first kappa shape index (κ1) is 18.7. The molecular weight excluding hydrogens is 347 g/mol. The maximum Gasteiger partial charge on any atom is 0.258 e. The number of halogens is 2. The Balaban J connectivity index is 1.58. The Bertz CT molecular complexity index is 705. The van der Waals surface area contributed by atoms with Crippen molar-refractivity contribution in [2.24, 2.45) is 0 Å². The number of benzene rings is 2.